The van der Waals surface area contributed by atoms with Gasteiger partial charge in [-0.1, -0.05) is 6.07 Å². The van der Waals surface area contributed by atoms with Gasteiger partial charge in [-0.15, -0.1) is 0 Å². The summed E-state index contributed by atoms with van der Waals surface area (Å²) in [6.45, 7) is 1.42. The van der Waals surface area contributed by atoms with Crippen molar-refractivity contribution in [3.8, 4) is 6.07 Å². The lowest BCUT2D eigenvalue weighted by atomic mass is 9.90. The fourth-order valence-corrected chi connectivity index (χ4v) is 1.89. The summed E-state index contributed by atoms with van der Waals surface area (Å²) in [5.74, 6) is -1.09. The second-order valence-corrected chi connectivity index (χ2v) is 4.18. The molecule has 0 heterocycles. The molecule has 0 N–H and O–H groups in total. The maximum absolute atomic E-state index is 11.3. The van der Waals surface area contributed by atoms with E-state index in [1.807, 2.05) is 6.07 Å². The van der Waals surface area contributed by atoms with Crippen molar-refractivity contribution >= 4 is 5.97 Å². The van der Waals surface area contributed by atoms with E-state index in [1.54, 1.807) is 25.1 Å². The monoisotopic (exact) mass is 262 g/mol. The first-order chi connectivity index (χ1) is 8.97. The normalized spacial score (nSPS) is 11.4. The molecule has 6 heteroatoms. The van der Waals surface area contributed by atoms with E-state index in [0.717, 1.165) is 5.56 Å². The molecule has 1 unspecified atom stereocenters. The van der Waals surface area contributed by atoms with Crippen LogP contribution in [0.1, 0.15) is 29.0 Å². The first kappa shape index (κ1) is 14.6. The minimum absolute atomic E-state index is 0.0762. The van der Waals surface area contributed by atoms with Crippen LogP contribution in [-0.4, -0.2) is 24.5 Å². The molecule has 0 amide bonds. The number of hydrogen-bond donors (Lipinski definition) is 0. The zero-order valence-electron chi connectivity index (χ0n) is 10.8. The lowest BCUT2D eigenvalue weighted by molar-refractivity contribution is -0.483. The SMILES string of the molecule is COC(=O)CC(C[N+](=O)[O-])c1cc(C#N)ccc1C. The van der Waals surface area contributed by atoms with Crippen LogP contribution in [0.5, 0.6) is 0 Å². The molecule has 0 fully saturated rings. The number of aryl methyl sites for hydroxylation is 1. The second-order valence-electron chi connectivity index (χ2n) is 4.18. The third-order valence-electron chi connectivity index (χ3n) is 2.86. The average Bonchev–Trinajstić information content (AvgIpc) is 2.37. The summed E-state index contributed by atoms with van der Waals surface area (Å²) in [7, 11) is 1.24. The summed E-state index contributed by atoms with van der Waals surface area (Å²) >= 11 is 0. The van der Waals surface area contributed by atoms with Crippen LogP contribution in [0.3, 0.4) is 0 Å². The molecule has 100 valence electrons. The Hall–Kier alpha value is -2.42. The molecular formula is C13H14N2O4. The average molecular weight is 262 g/mol. The van der Waals surface area contributed by atoms with Gasteiger partial charge >= 0.3 is 5.97 Å². The molecule has 1 rings (SSSR count). The van der Waals surface area contributed by atoms with E-state index in [2.05, 4.69) is 4.74 Å². The van der Waals surface area contributed by atoms with Crippen molar-refractivity contribution in [1.29, 1.82) is 5.26 Å². The van der Waals surface area contributed by atoms with E-state index >= 15 is 0 Å². The van der Waals surface area contributed by atoms with Gasteiger partial charge in [0.1, 0.15) is 0 Å². The fourth-order valence-electron chi connectivity index (χ4n) is 1.89. The number of nitro groups is 1. The highest BCUT2D eigenvalue weighted by Crippen LogP contribution is 2.25. The van der Waals surface area contributed by atoms with Crippen LogP contribution < -0.4 is 0 Å². The van der Waals surface area contributed by atoms with Gasteiger partial charge in [-0.25, -0.2) is 0 Å². The highest BCUT2D eigenvalue weighted by atomic mass is 16.6. The molecule has 1 atom stereocenters. The van der Waals surface area contributed by atoms with Crippen molar-refractivity contribution in [2.75, 3.05) is 13.7 Å². The van der Waals surface area contributed by atoms with Crippen LogP contribution in [0.15, 0.2) is 18.2 Å². The molecule has 0 aliphatic carbocycles. The maximum atomic E-state index is 11.3. The van der Waals surface area contributed by atoms with E-state index < -0.39 is 16.8 Å². The highest BCUT2D eigenvalue weighted by Gasteiger charge is 2.23. The topological polar surface area (TPSA) is 93.2 Å². The molecular weight excluding hydrogens is 248 g/mol. The Labute approximate surface area is 110 Å². The molecule has 0 aliphatic rings. The number of esters is 1. The minimum atomic E-state index is -0.587. The Kier molecular flexibility index (Phi) is 5.01. The second kappa shape index (κ2) is 6.50. The van der Waals surface area contributed by atoms with Gasteiger partial charge in [0.2, 0.25) is 6.54 Å². The van der Waals surface area contributed by atoms with Gasteiger partial charge in [-0.2, -0.15) is 5.26 Å². The van der Waals surface area contributed by atoms with Crippen LogP contribution >= 0.6 is 0 Å². The quantitative estimate of drug-likeness (QED) is 0.458. The van der Waals surface area contributed by atoms with Crippen LogP contribution in [0.4, 0.5) is 0 Å². The smallest absolute Gasteiger partial charge is 0.306 e. The van der Waals surface area contributed by atoms with Crippen molar-refractivity contribution < 1.29 is 14.5 Å². The molecule has 0 saturated carbocycles. The summed E-state index contributed by atoms with van der Waals surface area (Å²) in [5.41, 5.74) is 1.87. The number of benzene rings is 1. The number of nitrogens with zero attached hydrogens (tertiary/aromatic N) is 2. The summed E-state index contributed by atoms with van der Waals surface area (Å²) in [5, 5.41) is 19.6. The number of nitriles is 1. The number of hydrogen-bond acceptors (Lipinski definition) is 5. The summed E-state index contributed by atoms with van der Waals surface area (Å²) < 4.78 is 4.55. The van der Waals surface area contributed by atoms with E-state index in [1.165, 1.54) is 7.11 Å². The van der Waals surface area contributed by atoms with E-state index in [-0.39, 0.29) is 13.0 Å². The molecule has 0 aliphatic heterocycles. The third kappa shape index (κ3) is 4.07. The first-order valence-electron chi connectivity index (χ1n) is 5.67. The van der Waals surface area contributed by atoms with Gasteiger partial charge in [0.15, 0.2) is 0 Å². The van der Waals surface area contributed by atoms with Crippen molar-refractivity contribution in [3.63, 3.8) is 0 Å². The zero-order chi connectivity index (χ0) is 14.4. The molecule has 0 spiro atoms. The molecule has 0 bridgehead atoms. The van der Waals surface area contributed by atoms with Gasteiger partial charge in [0, 0.05) is 4.92 Å². The van der Waals surface area contributed by atoms with E-state index in [9.17, 15) is 14.9 Å². The first-order valence-corrected chi connectivity index (χ1v) is 5.67. The highest BCUT2D eigenvalue weighted by molar-refractivity contribution is 5.70. The van der Waals surface area contributed by atoms with Crippen molar-refractivity contribution in [2.45, 2.75) is 19.3 Å². The van der Waals surface area contributed by atoms with Gasteiger partial charge in [-0.05, 0) is 30.2 Å². The van der Waals surface area contributed by atoms with E-state index in [4.69, 9.17) is 5.26 Å². The number of carbonyl (C=O) groups is 1. The minimum Gasteiger partial charge on any atom is -0.469 e. The predicted molar refractivity (Wildman–Crippen MR) is 67.1 cm³/mol. The van der Waals surface area contributed by atoms with Crippen LogP contribution in [0.25, 0.3) is 0 Å². The predicted octanol–water partition coefficient (Wildman–Crippen LogP) is 1.79. The van der Waals surface area contributed by atoms with Gasteiger partial charge < -0.3 is 4.74 Å². The van der Waals surface area contributed by atoms with Crippen molar-refractivity contribution in [3.05, 3.63) is 45.0 Å². The Balaban J connectivity index is 3.12. The standard InChI is InChI=1S/C13H14N2O4/c1-9-3-4-10(7-14)5-12(9)11(8-15(17)18)6-13(16)19-2/h3-5,11H,6,8H2,1-2H3. The number of ether oxygens (including phenoxy) is 1. The Morgan fingerprint density at radius 1 is 1.58 bits per heavy atom. The summed E-state index contributed by atoms with van der Waals surface area (Å²) in [4.78, 5) is 21.6. The van der Waals surface area contributed by atoms with Gasteiger partial charge in [0.05, 0.1) is 31.1 Å². The number of carbonyl (C=O) groups excluding carboxylic acids is 1. The Bertz CT molecular complexity index is 534. The molecule has 1 aromatic carbocycles. The largest absolute Gasteiger partial charge is 0.469 e. The van der Waals surface area contributed by atoms with Crippen molar-refractivity contribution in [1.82, 2.24) is 0 Å². The Morgan fingerprint density at radius 2 is 2.26 bits per heavy atom. The zero-order valence-corrected chi connectivity index (χ0v) is 10.8. The number of rotatable bonds is 5. The van der Waals surface area contributed by atoms with E-state index in [0.29, 0.717) is 11.1 Å². The molecule has 0 saturated heterocycles. The van der Waals surface area contributed by atoms with Crippen molar-refractivity contribution in [2.24, 2.45) is 0 Å². The van der Waals surface area contributed by atoms with Crippen LogP contribution in [0, 0.1) is 28.4 Å². The molecule has 1 aromatic rings. The third-order valence-corrected chi connectivity index (χ3v) is 2.86. The van der Waals surface area contributed by atoms with Crippen LogP contribution in [-0.2, 0) is 9.53 Å². The lowest BCUT2D eigenvalue weighted by Crippen LogP contribution is -2.18. The van der Waals surface area contributed by atoms with Gasteiger partial charge in [0.25, 0.3) is 0 Å². The van der Waals surface area contributed by atoms with Gasteiger partial charge in [-0.3, -0.25) is 14.9 Å². The fraction of sp³-hybridized carbons (Fsp3) is 0.385. The maximum Gasteiger partial charge on any atom is 0.306 e. The Morgan fingerprint density at radius 3 is 2.79 bits per heavy atom. The summed E-state index contributed by atoms with van der Waals surface area (Å²) in [6.07, 6.45) is -0.0762. The molecule has 19 heavy (non-hydrogen) atoms. The molecule has 0 aromatic heterocycles. The lowest BCUT2D eigenvalue weighted by Gasteiger charge is -2.14. The summed E-state index contributed by atoms with van der Waals surface area (Å²) in [6, 6.07) is 6.93. The molecule has 0 radical (unpaired) electrons. The number of methoxy groups -OCH3 is 1. The molecule has 6 nitrogen and oxygen atoms in total. The van der Waals surface area contributed by atoms with Crippen LogP contribution in [0.2, 0.25) is 0 Å².